The summed E-state index contributed by atoms with van der Waals surface area (Å²) in [6.07, 6.45) is 1.47. The van der Waals surface area contributed by atoms with Crippen molar-refractivity contribution in [3.05, 3.63) is 30.6 Å². The Kier molecular flexibility index (Phi) is 2.99. The van der Waals surface area contributed by atoms with Crippen molar-refractivity contribution in [1.29, 1.82) is 0 Å². The van der Waals surface area contributed by atoms with E-state index in [2.05, 4.69) is 20.8 Å². The molecule has 0 saturated carbocycles. The van der Waals surface area contributed by atoms with Gasteiger partial charge in [0.05, 0.1) is 5.69 Å². The first kappa shape index (κ1) is 11.1. The summed E-state index contributed by atoms with van der Waals surface area (Å²) >= 11 is 0. The van der Waals surface area contributed by atoms with Crippen molar-refractivity contribution in [2.75, 3.05) is 5.32 Å². The summed E-state index contributed by atoms with van der Waals surface area (Å²) < 4.78 is 1.50. The molecule has 88 valence electrons. The molecule has 0 bridgehead atoms. The lowest BCUT2D eigenvalue weighted by atomic mass is 10.2. The molecule has 7 nitrogen and oxygen atoms in total. The Labute approximate surface area is 97.1 Å². The monoisotopic (exact) mass is 233 g/mol. The van der Waals surface area contributed by atoms with Crippen LogP contribution in [0.4, 0.5) is 5.69 Å². The van der Waals surface area contributed by atoms with E-state index in [1.54, 1.807) is 25.1 Å². The average Bonchev–Trinajstić information content (AvgIpc) is 2.82. The number of nitrogens with one attached hydrogen (secondary N) is 1. The number of aliphatic carboxylic acids is 1. The number of carboxylic acids is 1. The van der Waals surface area contributed by atoms with E-state index in [9.17, 15) is 4.79 Å². The van der Waals surface area contributed by atoms with Gasteiger partial charge in [-0.15, -0.1) is 5.10 Å². The number of nitrogens with zero attached hydrogens (tertiary/aromatic N) is 4. The van der Waals surface area contributed by atoms with Gasteiger partial charge in [0.25, 0.3) is 0 Å². The van der Waals surface area contributed by atoms with Crippen LogP contribution in [-0.4, -0.2) is 37.3 Å². The van der Waals surface area contributed by atoms with Crippen LogP contribution in [-0.2, 0) is 4.79 Å². The number of anilines is 1. The molecule has 0 radical (unpaired) electrons. The molecule has 2 N–H and O–H groups in total. The topological polar surface area (TPSA) is 92.9 Å². The molecule has 2 rings (SSSR count). The molecule has 1 atom stereocenters. The molecular formula is C10H11N5O2. The van der Waals surface area contributed by atoms with E-state index < -0.39 is 12.0 Å². The van der Waals surface area contributed by atoms with Crippen molar-refractivity contribution < 1.29 is 9.90 Å². The predicted molar refractivity (Wildman–Crippen MR) is 59.9 cm³/mol. The zero-order valence-electron chi connectivity index (χ0n) is 9.11. The number of benzene rings is 1. The summed E-state index contributed by atoms with van der Waals surface area (Å²) in [5.41, 5.74) is 1.46. The molecule has 2 aromatic rings. The third kappa shape index (κ3) is 2.57. The molecule has 17 heavy (non-hydrogen) atoms. The fourth-order valence-corrected chi connectivity index (χ4v) is 1.33. The Morgan fingerprint density at radius 1 is 1.53 bits per heavy atom. The van der Waals surface area contributed by atoms with Crippen molar-refractivity contribution in [3.8, 4) is 5.69 Å². The van der Waals surface area contributed by atoms with Gasteiger partial charge in [-0.05, 0) is 35.5 Å². The van der Waals surface area contributed by atoms with E-state index in [1.807, 2.05) is 6.07 Å². The zero-order valence-corrected chi connectivity index (χ0v) is 9.11. The van der Waals surface area contributed by atoms with Gasteiger partial charge in [0.15, 0.2) is 0 Å². The first-order valence-electron chi connectivity index (χ1n) is 4.99. The maximum absolute atomic E-state index is 10.7. The second kappa shape index (κ2) is 4.60. The van der Waals surface area contributed by atoms with Crippen LogP contribution in [0, 0.1) is 0 Å². The van der Waals surface area contributed by atoms with Gasteiger partial charge in [-0.25, -0.2) is 4.68 Å². The smallest absolute Gasteiger partial charge is 0.325 e. The number of carbonyl (C=O) groups is 1. The maximum atomic E-state index is 10.7. The lowest BCUT2D eigenvalue weighted by Crippen LogP contribution is -2.25. The van der Waals surface area contributed by atoms with Gasteiger partial charge in [0, 0.05) is 5.69 Å². The quantitative estimate of drug-likeness (QED) is 0.800. The Morgan fingerprint density at radius 3 is 3.00 bits per heavy atom. The van der Waals surface area contributed by atoms with Crippen LogP contribution in [0.3, 0.4) is 0 Å². The van der Waals surface area contributed by atoms with Gasteiger partial charge in [-0.1, -0.05) is 6.07 Å². The molecule has 0 fully saturated rings. The van der Waals surface area contributed by atoms with E-state index >= 15 is 0 Å². The summed E-state index contributed by atoms with van der Waals surface area (Å²) in [6, 6.07) is 6.53. The van der Waals surface area contributed by atoms with Gasteiger partial charge in [-0.3, -0.25) is 4.79 Å². The first-order chi connectivity index (χ1) is 8.16. The molecule has 1 heterocycles. The molecule has 0 aliphatic carbocycles. The van der Waals surface area contributed by atoms with Gasteiger partial charge in [-0.2, -0.15) is 0 Å². The zero-order chi connectivity index (χ0) is 12.3. The van der Waals surface area contributed by atoms with E-state index in [4.69, 9.17) is 5.11 Å². The average molecular weight is 233 g/mol. The minimum atomic E-state index is -0.905. The predicted octanol–water partition coefficient (Wildman–Crippen LogP) is 0.547. The van der Waals surface area contributed by atoms with Crippen molar-refractivity contribution in [2.45, 2.75) is 13.0 Å². The minimum Gasteiger partial charge on any atom is -0.480 e. The van der Waals surface area contributed by atoms with Gasteiger partial charge >= 0.3 is 5.97 Å². The van der Waals surface area contributed by atoms with Crippen LogP contribution in [0.25, 0.3) is 5.69 Å². The molecule has 0 aliphatic rings. The van der Waals surface area contributed by atoms with Gasteiger partial charge < -0.3 is 10.4 Å². The Balaban J connectivity index is 2.20. The highest BCUT2D eigenvalue weighted by molar-refractivity contribution is 5.76. The SMILES string of the molecule is CC(Nc1cccc(-n2cnnn2)c1)C(=O)O. The molecule has 0 amide bonds. The second-order valence-electron chi connectivity index (χ2n) is 3.51. The van der Waals surface area contributed by atoms with Crippen LogP contribution < -0.4 is 5.32 Å². The number of tetrazole rings is 1. The molecule has 1 aromatic carbocycles. The summed E-state index contributed by atoms with van der Waals surface area (Å²) in [5, 5.41) is 22.5. The van der Waals surface area contributed by atoms with Crippen molar-refractivity contribution >= 4 is 11.7 Å². The van der Waals surface area contributed by atoms with E-state index in [1.165, 1.54) is 11.0 Å². The number of hydrogen-bond acceptors (Lipinski definition) is 5. The highest BCUT2D eigenvalue weighted by Crippen LogP contribution is 2.14. The van der Waals surface area contributed by atoms with Gasteiger partial charge in [0.1, 0.15) is 12.4 Å². The fourth-order valence-electron chi connectivity index (χ4n) is 1.33. The summed E-state index contributed by atoms with van der Waals surface area (Å²) in [6.45, 7) is 1.58. The highest BCUT2D eigenvalue weighted by Gasteiger charge is 2.10. The van der Waals surface area contributed by atoms with Crippen molar-refractivity contribution in [1.82, 2.24) is 20.2 Å². The Hall–Kier alpha value is -2.44. The lowest BCUT2D eigenvalue weighted by Gasteiger charge is -2.11. The third-order valence-corrected chi connectivity index (χ3v) is 2.21. The van der Waals surface area contributed by atoms with E-state index in [-0.39, 0.29) is 0 Å². The summed E-state index contributed by atoms with van der Waals surface area (Å²) in [5.74, 6) is -0.905. The summed E-state index contributed by atoms with van der Waals surface area (Å²) in [7, 11) is 0. The number of hydrogen-bond donors (Lipinski definition) is 2. The van der Waals surface area contributed by atoms with Crippen LogP contribution in [0.2, 0.25) is 0 Å². The minimum absolute atomic E-state index is 0.654. The first-order valence-corrected chi connectivity index (χ1v) is 4.99. The van der Waals surface area contributed by atoms with Crippen LogP contribution in [0.1, 0.15) is 6.92 Å². The molecule has 0 aliphatic heterocycles. The normalized spacial score (nSPS) is 12.1. The molecule has 0 spiro atoms. The third-order valence-electron chi connectivity index (χ3n) is 2.21. The van der Waals surface area contributed by atoms with Crippen LogP contribution in [0.5, 0.6) is 0 Å². The van der Waals surface area contributed by atoms with Crippen LogP contribution in [0.15, 0.2) is 30.6 Å². The molecule has 1 unspecified atom stereocenters. The lowest BCUT2D eigenvalue weighted by molar-refractivity contribution is -0.137. The number of aromatic nitrogens is 4. The fraction of sp³-hybridized carbons (Fsp3) is 0.200. The van der Waals surface area contributed by atoms with E-state index in [0.717, 1.165) is 5.69 Å². The molecule has 1 aromatic heterocycles. The second-order valence-corrected chi connectivity index (χ2v) is 3.51. The number of rotatable bonds is 4. The molecule has 7 heteroatoms. The van der Waals surface area contributed by atoms with Crippen molar-refractivity contribution in [2.24, 2.45) is 0 Å². The van der Waals surface area contributed by atoms with Gasteiger partial charge in [0.2, 0.25) is 0 Å². The highest BCUT2D eigenvalue weighted by atomic mass is 16.4. The number of carboxylic acid groups (broad SMARTS) is 1. The molecule has 0 saturated heterocycles. The standard InChI is InChI=1S/C10H11N5O2/c1-7(10(16)17)12-8-3-2-4-9(5-8)15-6-11-13-14-15/h2-7,12H,1H3,(H,16,17). The summed E-state index contributed by atoms with van der Waals surface area (Å²) in [4.78, 5) is 10.7. The maximum Gasteiger partial charge on any atom is 0.325 e. The van der Waals surface area contributed by atoms with E-state index in [0.29, 0.717) is 5.69 Å². The Morgan fingerprint density at radius 2 is 2.35 bits per heavy atom. The van der Waals surface area contributed by atoms with Crippen molar-refractivity contribution in [3.63, 3.8) is 0 Å². The molecular weight excluding hydrogens is 222 g/mol. The van der Waals surface area contributed by atoms with Crippen LogP contribution >= 0.6 is 0 Å². The Bertz CT molecular complexity index is 511. The largest absolute Gasteiger partial charge is 0.480 e.